The summed E-state index contributed by atoms with van der Waals surface area (Å²) in [4.78, 5) is 21.0. The molecule has 4 heterocycles. The van der Waals surface area contributed by atoms with Gasteiger partial charge in [0.05, 0.1) is 6.54 Å². The fourth-order valence-electron chi connectivity index (χ4n) is 4.21. The molecule has 3 aromatic rings. The van der Waals surface area contributed by atoms with Crippen molar-refractivity contribution in [2.24, 2.45) is 0 Å². The van der Waals surface area contributed by atoms with E-state index in [9.17, 15) is 4.79 Å². The van der Waals surface area contributed by atoms with Gasteiger partial charge in [0.1, 0.15) is 0 Å². The van der Waals surface area contributed by atoms with Crippen LogP contribution in [0.1, 0.15) is 57.1 Å². The molecule has 0 atom stereocenters. The van der Waals surface area contributed by atoms with Gasteiger partial charge in [0, 0.05) is 34.3 Å². The number of aryl methyl sites for hydroxylation is 3. The van der Waals surface area contributed by atoms with Crippen LogP contribution >= 0.6 is 11.3 Å². The molecule has 0 unspecified atom stereocenters. The third-order valence-electron chi connectivity index (χ3n) is 5.88. The maximum Gasteiger partial charge on any atom is 0.229 e. The molecule has 7 heteroatoms. The van der Waals surface area contributed by atoms with Crippen molar-refractivity contribution in [2.45, 2.75) is 52.5 Å². The van der Waals surface area contributed by atoms with Crippen LogP contribution in [0.5, 0.6) is 0 Å². The Labute approximate surface area is 175 Å². The van der Waals surface area contributed by atoms with E-state index in [1.54, 1.807) is 11.3 Å². The summed E-state index contributed by atoms with van der Waals surface area (Å²) in [7, 11) is 0. The molecule has 3 aromatic heterocycles. The average molecular weight is 413 g/mol. The Balaban J connectivity index is 1.34. The van der Waals surface area contributed by atoms with Crippen molar-refractivity contribution >= 4 is 17.1 Å². The normalized spacial score (nSPS) is 15.8. The predicted molar refractivity (Wildman–Crippen MR) is 114 cm³/mol. The second-order valence-electron chi connectivity index (χ2n) is 7.92. The highest BCUT2D eigenvalue weighted by molar-refractivity contribution is 7.09. The SMILES string of the molecule is Cc1noc(C2CCN(CC(=O)c3cc(C)n(CCc4cccs4)c3C)CC2)n1. The van der Waals surface area contributed by atoms with E-state index in [1.807, 2.05) is 6.92 Å². The summed E-state index contributed by atoms with van der Waals surface area (Å²) in [6, 6.07) is 6.32. The molecule has 0 bridgehead atoms. The van der Waals surface area contributed by atoms with Gasteiger partial charge in [-0.3, -0.25) is 9.69 Å². The van der Waals surface area contributed by atoms with E-state index in [1.165, 1.54) is 4.88 Å². The van der Waals surface area contributed by atoms with Crippen LogP contribution in [-0.2, 0) is 13.0 Å². The van der Waals surface area contributed by atoms with E-state index < -0.39 is 0 Å². The van der Waals surface area contributed by atoms with Crippen LogP contribution in [0.25, 0.3) is 0 Å². The smallest absolute Gasteiger partial charge is 0.229 e. The Bertz CT molecular complexity index is 965. The first-order chi connectivity index (χ1) is 14.0. The summed E-state index contributed by atoms with van der Waals surface area (Å²) in [6.07, 6.45) is 2.91. The molecule has 0 N–H and O–H groups in total. The molecule has 1 aliphatic heterocycles. The van der Waals surface area contributed by atoms with Gasteiger partial charge in [-0.2, -0.15) is 4.98 Å². The molecular weight excluding hydrogens is 384 g/mol. The van der Waals surface area contributed by atoms with Crippen LogP contribution < -0.4 is 0 Å². The van der Waals surface area contributed by atoms with Gasteiger partial charge in [-0.25, -0.2) is 0 Å². The first-order valence-electron chi connectivity index (χ1n) is 10.3. The maximum atomic E-state index is 13.0. The topological polar surface area (TPSA) is 64.2 Å². The molecule has 0 aromatic carbocycles. The first kappa shape index (κ1) is 20.0. The van der Waals surface area contributed by atoms with Gasteiger partial charge in [0.2, 0.25) is 5.89 Å². The Morgan fingerprint density at radius 2 is 2.07 bits per heavy atom. The Kier molecular flexibility index (Phi) is 5.96. The van der Waals surface area contributed by atoms with E-state index in [0.717, 1.165) is 61.7 Å². The number of carbonyl (C=O) groups is 1. The lowest BCUT2D eigenvalue weighted by atomic mass is 9.96. The number of carbonyl (C=O) groups excluding carboxylic acids is 1. The molecule has 1 fully saturated rings. The van der Waals surface area contributed by atoms with E-state index in [0.29, 0.717) is 18.3 Å². The molecule has 0 amide bonds. The summed E-state index contributed by atoms with van der Waals surface area (Å²) < 4.78 is 7.60. The maximum absolute atomic E-state index is 13.0. The summed E-state index contributed by atoms with van der Waals surface area (Å²) in [5.74, 6) is 1.95. The van der Waals surface area contributed by atoms with Crippen molar-refractivity contribution in [1.29, 1.82) is 0 Å². The van der Waals surface area contributed by atoms with Gasteiger partial charge < -0.3 is 9.09 Å². The van der Waals surface area contributed by atoms with Gasteiger partial charge in [0.25, 0.3) is 0 Å². The number of ketones is 1. The highest BCUT2D eigenvalue weighted by Gasteiger charge is 2.26. The minimum atomic E-state index is 0.215. The van der Waals surface area contributed by atoms with Crippen molar-refractivity contribution in [3.63, 3.8) is 0 Å². The largest absolute Gasteiger partial charge is 0.348 e. The molecule has 0 radical (unpaired) electrons. The number of Topliss-reactive ketones (excluding diaryl/α,β-unsaturated/α-hetero) is 1. The van der Waals surface area contributed by atoms with Crippen LogP contribution in [0, 0.1) is 20.8 Å². The molecule has 0 saturated carbocycles. The van der Waals surface area contributed by atoms with Crippen molar-refractivity contribution in [1.82, 2.24) is 19.6 Å². The van der Waals surface area contributed by atoms with E-state index in [2.05, 4.69) is 57.0 Å². The lowest BCUT2D eigenvalue weighted by Gasteiger charge is -2.29. The van der Waals surface area contributed by atoms with E-state index in [4.69, 9.17) is 4.52 Å². The van der Waals surface area contributed by atoms with Gasteiger partial charge in [-0.05, 0) is 70.6 Å². The highest BCUT2D eigenvalue weighted by atomic mass is 32.1. The minimum Gasteiger partial charge on any atom is -0.348 e. The highest BCUT2D eigenvalue weighted by Crippen LogP contribution is 2.27. The molecule has 29 heavy (non-hydrogen) atoms. The molecular formula is C22H28N4O2S. The van der Waals surface area contributed by atoms with E-state index in [-0.39, 0.29) is 5.78 Å². The summed E-state index contributed by atoms with van der Waals surface area (Å²) in [5.41, 5.74) is 3.11. The fraction of sp³-hybridized carbons (Fsp3) is 0.500. The van der Waals surface area contributed by atoms with Gasteiger partial charge in [-0.15, -0.1) is 11.3 Å². The van der Waals surface area contributed by atoms with E-state index >= 15 is 0 Å². The number of hydrogen-bond acceptors (Lipinski definition) is 6. The Hall–Kier alpha value is -2.25. The van der Waals surface area contributed by atoms with Crippen LogP contribution in [-0.4, -0.2) is 45.0 Å². The number of likely N-dealkylation sites (tertiary alicyclic amines) is 1. The summed E-state index contributed by atoms with van der Waals surface area (Å²) >= 11 is 1.79. The Morgan fingerprint density at radius 1 is 1.28 bits per heavy atom. The van der Waals surface area contributed by atoms with Crippen molar-refractivity contribution in [3.05, 3.63) is 57.1 Å². The standard InChI is InChI=1S/C22H28N4O2S/c1-15-13-20(16(2)26(15)11-8-19-5-4-12-29-19)21(27)14-25-9-6-18(7-10-25)22-23-17(3)24-28-22/h4-5,12-13,18H,6-11,14H2,1-3H3. The van der Waals surface area contributed by atoms with Crippen molar-refractivity contribution < 1.29 is 9.32 Å². The third-order valence-corrected chi connectivity index (χ3v) is 6.82. The Morgan fingerprint density at radius 3 is 2.72 bits per heavy atom. The number of aromatic nitrogens is 3. The molecule has 4 rings (SSSR count). The molecule has 154 valence electrons. The molecule has 1 aliphatic rings. The average Bonchev–Trinajstić information content (AvgIpc) is 3.43. The molecule has 0 spiro atoms. The lowest BCUT2D eigenvalue weighted by Crippen LogP contribution is -2.37. The number of nitrogens with zero attached hydrogens (tertiary/aromatic N) is 4. The lowest BCUT2D eigenvalue weighted by molar-refractivity contribution is 0.0904. The predicted octanol–water partition coefficient (Wildman–Crippen LogP) is 4.16. The minimum absolute atomic E-state index is 0.215. The zero-order chi connectivity index (χ0) is 20.4. The number of hydrogen-bond donors (Lipinski definition) is 0. The fourth-order valence-corrected chi connectivity index (χ4v) is 4.91. The van der Waals surface area contributed by atoms with Gasteiger partial charge in [-0.1, -0.05) is 11.2 Å². The van der Waals surface area contributed by atoms with Crippen LogP contribution in [0.15, 0.2) is 28.1 Å². The van der Waals surface area contributed by atoms with Gasteiger partial charge in [0.15, 0.2) is 11.6 Å². The van der Waals surface area contributed by atoms with Crippen molar-refractivity contribution in [2.75, 3.05) is 19.6 Å². The summed E-state index contributed by atoms with van der Waals surface area (Å²) in [6.45, 7) is 9.17. The molecule has 6 nitrogen and oxygen atoms in total. The number of thiophene rings is 1. The zero-order valence-electron chi connectivity index (χ0n) is 17.4. The molecule has 1 saturated heterocycles. The second-order valence-corrected chi connectivity index (χ2v) is 8.95. The summed E-state index contributed by atoms with van der Waals surface area (Å²) in [5, 5.41) is 6.01. The van der Waals surface area contributed by atoms with Crippen LogP contribution in [0.3, 0.4) is 0 Å². The second kappa shape index (κ2) is 8.63. The third kappa shape index (κ3) is 4.51. The number of piperidine rings is 1. The zero-order valence-corrected chi connectivity index (χ0v) is 18.2. The van der Waals surface area contributed by atoms with Gasteiger partial charge >= 0.3 is 0 Å². The van der Waals surface area contributed by atoms with Crippen molar-refractivity contribution in [3.8, 4) is 0 Å². The first-order valence-corrected chi connectivity index (χ1v) is 11.1. The quantitative estimate of drug-likeness (QED) is 0.545. The molecule has 0 aliphatic carbocycles. The van der Waals surface area contributed by atoms with Crippen LogP contribution in [0.2, 0.25) is 0 Å². The number of rotatable bonds is 7. The monoisotopic (exact) mass is 412 g/mol. The van der Waals surface area contributed by atoms with Crippen LogP contribution in [0.4, 0.5) is 0 Å².